The Balaban J connectivity index is 2.75. The molecule has 0 atom stereocenters. The van der Waals surface area contributed by atoms with Crippen LogP contribution < -0.4 is 0 Å². The highest BCUT2D eigenvalue weighted by atomic mass is 16.6. The van der Waals surface area contributed by atoms with E-state index in [0.717, 1.165) is 18.9 Å². The van der Waals surface area contributed by atoms with Crippen molar-refractivity contribution in [2.45, 2.75) is 38.2 Å². The average molecular weight is 212 g/mol. The first kappa shape index (κ1) is 11.8. The highest BCUT2D eigenvalue weighted by Crippen LogP contribution is 2.35. The number of hydrogen-bond donors (Lipinski definition) is 1. The van der Waals surface area contributed by atoms with Crippen LogP contribution in [0, 0.1) is 5.92 Å². The molecule has 1 fully saturated rings. The van der Waals surface area contributed by atoms with Crippen LogP contribution in [0.1, 0.15) is 32.6 Å². The Hall–Kier alpha value is -1.32. The van der Waals surface area contributed by atoms with Crippen molar-refractivity contribution in [3.05, 3.63) is 12.7 Å². The van der Waals surface area contributed by atoms with Crippen molar-refractivity contribution in [1.29, 1.82) is 0 Å². The lowest BCUT2D eigenvalue weighted by Gasteiger charge is -2.34. The molecule has 0 bridgehead atoms. The highest BCUT2D eigenvalue weighted by Gasteiger charge is 2.44. The molecule has 1 aliphatic carbocycles. The maximum absolute atomic E-state index is 11.1. The Bertz CT molecular complexity index is 274. The van der Waals surface area contributed by atoms with E-state index in [1.165, 1.54) is 0 Å². The monoisotopic (exact) mass is 212 g/mol. The van der Waals surface area contributed by atoms with Crippen LogP contribution in [-0.2, 0) is 14.3 Å². The molecule has 0 aromatic rings. The van der Waals surface area contributed by atoms with Gasteiger partial charge in [0.15, 0.2) is 0 Å². The molecule has 0 aromatic carbocycles. The van der Waals surface area contributed by atoms with Gasteiger partial charge in [-0.2, -0.15) is 0 Å². The molecule has 1 rings (SSSR count). The molecule has 1 aliphatic rings. The van der Waals surface area contributed by atoms with Crippen LogP contribution in [0.4, 0.5) is 0 Å². The number of carboxylic acids is 1. The standard InChI is InChI=1S/C11H16O4/c1-3-9(12)15-11(10(13)14)6-4-8(2)5-7-11/h3,8H,1,4-7H2,2H3,(H,13,14). The minimum Gasteiger partial charge on any atom is -0.478 e. The summed E-state index contributed by atoms with van der Waals surface area (Å²) in [5, 5.41) is 9.11. The summed E-state index contributed by atoms with van der Waals surface area (Å²) in [7, 11) is 0. The molecule has 0 spiro atoms. The van der Waals surface area contributed by atoms with Gasteiger partial charge in [0.1, 0.15) is 0 Å². The summed E-state index contributed by atoms with van der Waals surface area (Å²) in [6.45, 7) is 5.33. The zero-order chi connectivity index (χ0) is 11.5. The summed E-state index contributed by atoms with van der Waals surface area (Å²) in [6.07, 6.45) is 3.34. The van der Waals surface area contributed by atoms with Gasteiger partial charge >= 0.3 is 11.9 Å². The van der Waals surface area contributed by atoms with Gasteiger partial charge in [0.2, 0.25) is 5.60 Å². The maximum atomic E-state index is 11.1. The minimum atomic E-state index is -1.32. The first-order valence-electron chi connectivity index (χ1n) is 5.09. The molecule has 1 saturated carbocycles. The van der Waals surface area contributed by atoms with E-state index < -0.39 is 17.5 Å². The van der Waals surface area contributed by atoms with Gasteiger partial charge in [-0.3, -0.25) is 0 Å². The molecule has 15 heavy (non-hydrogen) atoms. The number of carbonyl (C=O) groups excluding carboxylic acids is 1. The van der Waals surface area contributed by atoms with Crippen molar-refractivity contribution in [1.82, 2.24) is 0 Å². The van der Waals surface area contributed by atoms with E-state index in [0.29, 0.717) is 18.8 Å². The van der Waals surface area contributed by atoms with E-state index in [-0.39, 0.29) is 0 Å². The molecular weight excluding hydrogens is 196 g/mol. The predicted molar refractivity (Wildman–Crippen MR) is 54.3 cm³/mol. The summed E-state index contributed by atoms with van der Waals surface area (Å²) < 4.78 is 4.98. The van der Waals surface area contributed by atoms with Crippen LogP contribution in [0.5, 0.6) is 0 Å². The van der Waals surface area contributed by atoms with Gasteiger partial charge in [-0.05, 0) is 31.6 Å². The third-order valence-electron chi connectivity index (χ3n) is 2.93. The summed E-state index contributed by atoms with van der Waals surface area (Å²) >= 11 is 0. The lowest BCUT2D eigenvalue weighted by molar-refractivity contribution is -0.180. The smallest absolute Gasteiger partial charge is 0.348 e. The molecule has 84 valence electrons. The number of ether oxygens (including phenoxy) is 1. The van der Waals surface area contributed by atoms with E-state index in [4.69, 9.17) is 9.84 Å². The summed E-state index contributed by atoms with van der Waals surface area (Å²) in [5.74, 6) is -1.21. The maximum Gasteiger partial charge on any atom is 0.348 e. The van der Waals surface area contributed by atoms with Crippen LogP contribution in [0.2, 0.25) is 0 Å². The van der Waals surface area contributed by atoms with Gasteiger partial charge in [-0.25, -0.2) is 9.59 Å². The van der Waals surface area contributed by atoms with Gasteiger partial charge in [0.05, 0.1) is 0 Å². The van der Waals surface area contributed by atoms with Crippen molar-refractivity contribution in [2.24, 2.45) is 5.92 Å². The van der Waals surface area contributed by atoms with Gasteiger partial charge in [-0.15, -0.1) is 0 Å². The van der Waals surface area contributed by atoms with Crippen molar-refractivity contribution in [2.75, 3.05) is 0 Å². The topological polar surface area (TPSA) is 63.6 Å². The molecule has 1 N–H and O–H groups in total. The highest BCUT2D eigenvalue weighted by molar-refractivity contribution is 5.86. The molecule has 0 radical (unpaired) electrons. The number of hydrogen-bond acceptors (Lipinski definition) is 3. The van der Waals surface area contributed by atoms with E-state index in [1.807, 2.05) is 0 Å². The van der Waals surface area contributed by atoms with Crippen LogP contribution in [-0.4, -0.2) is 22.6 Å². The second kappa shape index (κ2) is 4.47. The normalized spacial score (nSPS) is 30.6. The van der Waals surface area contributed by atoms with Gasteiger partial charge in [-0.1, -0.05) is 13.5 Å². The molecule has 0 aliphatic heterocycles. The number of carbonyl (C=O) groups is 2. The van der Waals surface area contributed by atoms with Crippen LogP contribution in [0.25, 0.3) is 0 Å². The van der Waals surface area contributed by atoms with Gasteiger partial charge in [0, 0.05) is 6.08 Å². The second-order valence-corrected chi connectivity index (χ2v) is 4.11. The van der Waals surface area contributed by atoms with E-state index in [9.17, 15) is 9.59 Å². The second-order valence-electron chi connectivity index (χ2n) is 4.11. The van der Waals surface area contributed by atoms with Crippen molar-refractivity contribution < 1.29 is 19.4 Å². The van der Waals surface area contributed by atoms with E-state index >= 15 is 0 Å². The summed E-state index contributed by atoms with van der Waals surface area (Å²) in [5.41, 5.74) is -1.32. The molecule has 4 nitrogen and oxygen atoms in total. The van der Waals surface area contributed by atoms with Gasteiger partial charge < -0.3 is 9.84 Å². The quantitative estimate of drug-likeness (QED) is 0.571. The fourth-order valence-electron chi connectivity index (χ4n) is 1.82. The first-order chi connectivity index (χ1) is 7.00. The Kier molecular flexibility index (Phi) is 3.50. The average Bonchev–Trinajstić information content (AvgIpc) is 2.21. The van der Waals surface area contributed by atoms with Crippen molar-refractivity contribution >= 4 is 11.9 Å². The molecular formula is C11H16O4. The molecule has 0 amide bonds. The zero-order valence-electron chi connectivity index (χ0n) is 8.86. The summed E-state index contributed by atoms with van der Waals surface area (Å²) in [6, 6.07) is 0. The van der Waals surface area contributed by atoms with Gasteiger partial charge in [0.25, 0.3) is 0 Å². The lowest BCUT2D eigenvalue weighted by Crippen LogP contribution is -2.45. The minimum absolute atomic E-state index is 0.392. The largest absolute Gasteiger partial charge is 0.478 e. The predicted octanol–water partition coefficient (Wildman–Crippen LogP) is 1.75. The van der Waals surface area contributed by atoms with E-state index in [1.54, 1.807) is 0 Å². The lowest BCUT2D eigenvalue weighted by atomic mass is 9.79. The third-order valence-corrected chi connectivity index (χ3v) is 2.93. The van der Waals surface area contributed by atoms with E-state index in [2.05, 4.69) is 13.5 Å². The van der Waals surface area contributed by atoms with Crippen LogP contribution in [0.3, 0.4) is 0 Å². The van der Waals surface area contributed by atoms with Crippen molar-refractivity contribution in [3.63, 3.8) is 0 Å². The number of aliphatic carboxylic acids is 1. The molecule has 0 unspecified atom stereocenters. The SMILES string of the molecule is C=CC(=O)OC1(C(=O)O)CCC(C)CC1. The molecule has 0 aromatic heterocycles. The Morgan fingerprint density at radius 1 is 1.47 bits per heavy atom. The first-order valence-corrected chi connectivity index (χ1v) is 5.09. The zero-order valence-corrected chi connectivity index (χ0v) is 8.86. The Morgan fingerprint density at radius 2 is 2.00 bits per heavy atom. The molecule has 4 heteroatoms. The fraction of sp³-hybridized carbons (Fsp3) is 0.636. The van der Waals surface area contributed by atoms with Crippen molar-refractivity contribution in [3.8, 4) is 0 Å². The third kappa shape index (κ3) is 2.58. The fourth-order valence-corrected chi connectivity index (χ4v) is 1.82. The Morgan fingerprint density at radius 3 is 2.40 bits per heavy atom. The molecule has 0 saturated heterocycles. The van der Waals surface area contributed by atoms with Crippen LogP contribution in [0.15, 0.2) is 12.7 Å². The number of rotatable bonds is 3. The molecule has 0 heterocycles. The van der Waals surface area contributed by atoms with Crippen LogP contribution >= 0.6 is 0 Å². The Labute approximate surface area is 88.9 Å². The number of carboxylic acid groups (broad SMARTS) is 1. The summed E-state index contributed by atoms with van der Waals surface area (Å²) in [4.78, 5) is 22.2. The number of esters is 1.